The Hall–Kier alpha value is -1.71. The monoisotopic (exact) mass is 390 g/mol. The average Bonchev–Trinajstić information content (AvgIpc) is 2.66. The van der Waals surface area contributed by atoms with Gasteiger partial charge in [0.05, 0.1) is 5.69 Å². The van der Waals surface area contributed by atoms with Gasteiger partial charge < -0.3 is 15.3 Å². The highest BCUT2D eigenvalue weighted by molar-refractivity contribution is 5.96. The molecular formula is C24H42N2O2. The predicted molar refractivity (Wildman–Crippen MR) is 122 cm³/mol. The van der Waals surface area contributed by atoms with E-state index in [0.717, 1.165) is 62.1 Å². The van der Waals surface area contributed by atoms with E-state index < -0.39 is 0 Å². The number of phenolic OH excluding ortho intramolecular Hbond substituents is 1. The average molecular weight is 391 g/mol. The van der Waals surface area contributed by atoms with Crippen LogP contribution in [0.2, 0.25) is 0 Å². The van der Waals surface area contributed by atoms with Crippen LogP contribution in [0.25, 0.3) is 0 Å². The lowest BCUT2D eigenvalue weighted by atomic mass is 10.0. The maximum atomic E-state index is 12.2. The van der Waals surface area contributed by atoms with Crippen LogP contribution in [0.4, 0.5) is 11.4 Å². The van der Waals surface area contributed by atoms with Gasteiger partial charge in [-0.15, -0.1) is 0 Å². The highest BCUT2D eigenvalue weighted by atomic mass is 16.3. The molecule has 2 N–H and O–H groups in total. The molecular weight excluding hydrogens is 348 g/mol. The van der Waals surface area contributed by atoms with Crippen molar-refractivity contribution < 1.29 is 9.90 Å². The van der Waals surface area contributed by atoms with E-state index in [-0.39, 0.29) is 5.91 Å². The number of carbonyl (C=O) groups excluding carboxylic acids is 1. The first-order valence-corrected chi connectivity index (χ1v) is 11.5. The number of unbranched alkanes of at least 4 members (excludes halogenated alkanes) is 5. The molecule has 0 aliphatic carbocycles. The number of hydrogen-bond donors (Lipinski definition) is 2. The predicted octanol–water partition coefficient (Wildman–Crippen LogP) is 6.66. The summed E-state index contributed by atoms with van der Waals surface area (Å²) in [5, 5.41) is 14.1. The van der Waals surface area contributed by atoms with Gasteiger partial charge in [0.25, 0.3) is 0 Å². The Morgan fingerprint density at radius 1 is 0.893 bits per heavy atom. The Kier molecular flexibility index (Phi) is 12.4. The second-order valence-electron chi connectivity index (χ2n) is 7.77. The van der Waals surface area contributed by atoms with E-state index in [2.05, 4.69) is 31.0 Å². The lowest BCUT2D eigenvalue weighted by Crippen LogP contribution is -2.27. The molecule has 0 saturated carbocycles. The smallest absolute Gasteiger partial charge is 0.224 e. The van der Waals surface area contributed by atoms with Crippen molar-refractivity contribution in [2.75, 3.05) is 23.3 Å². The zero-order chi connectivity index (χ0) is 20.8. The van der Waals surface area contributed by atoms with Gasteiger partial charge in [-0.2, -0.15) is 0 Å². The van der Waals surface area contributed by atoms with Gasteiger partial charge in [0.1, 0.15) is 11.4 Å². The minimum Gasteiger partial charge on any atom is -0.505 e. The van der Waals surface area contributed by atoms with Crippen molar-refractivity contribution in [1.82, 2.24) is 0 Å². The second kappa shape index (κ2) is 14.3. The van der Waals surface area contributed by atoms with Crippen molar-refractivity contribution >= 4 is 17.3 Å². The van der Waals surface area contributed by atoms with Crippen LogP contribution < -0.4 is 10.2 Å². The SMILES string of the molecule is CCCCCCCCc1ccc(NC(=O)CCC)c(N(CCC)CCC)c1O. The van der Waals surface area contributed by atoms with Crippen LogP contribution in [-0.4, -0.2) is 24.1 Å². The van der Waals surface area contributed by atoms with Crippen LogP contribution in [-0.2, 0) is 11.2 Å². The minimum absolute atomic E-state index is 0.0137. The summed E-state index contributed by atoms with van der Waals surface area (Å²) in [7, 11) is 0. The van der Waals surface area contributed by atoms with Crippen LogP contribution in [0, 0.1) is 0 Å². The molecule has 0 unspecified atom stereocenters. The van der Waals surface area contributed by atoms with E-state index in [1.807, 2.05) is 19.1 Å². The molecule has 0 saturated heterocycles. The lowest BCUT2D eigenvalue weighted by molar-refractivity contribution is -0.116. The number of anilines is 2. The highest BCUT2D eigenvalue weighted by Crippen LogP contribution is 2.39. The van der Waals surface area contributed by atoms with Gasteiger partial charge in [-0.3, -0.25) is 4.79 Å². The van der Waals surface area contributed by atoms with Crippen LogP contribution in [0.15, 0.2) is 12.1 Å². The van der Waals surface area contributed by atoms with Gasteiger partial charge in [-0.05, 0) is 43.7 Å². The first-order valence-electron chi connectivity index (χ1n) is 11.5. The fourth-order valence-electron chi connectivity index (χ4n) is 3.65. The third-order valence-electron chi connectivity index (χ3n) is 5.09. The Morgan fingerprint density at radius 3 is 2.14 bits per heavy atom. The Bertz CT molecular complexity index is 566. The molecule has 0 aliphatic heterocycles. The fourth-order valence-corrected chi connectivity index (χ4v) is 3.65. The number of nitrogens with zero attached hydrogens (tertiary/aromatic N) is 1. The maximum Gasteiger partial charge on any atom is 0.224 e. The summed E-state index contributed by atoms with van der Waals surface area (Å²) in [6.07, 6.45) is 11.7. The molecule has 160 valence electrons. The van der Waals surface area contributed by atoms with Crippen molar-refractivity contribution in [2.45, 2.75) is 98.3 Å². The van der Waals surface area contributed by atoms with E-state index in [1.165, 1.54) is 32.1 Å². The van der Waals surface area contributed by atoms with E-state index in [1.54, 1.807) is 0 Å². The molecule has 4 nitrogen and oxygen atoms in total. The van der Waals surface area contributed by atoms with Crippen LogP contribution in [0.5, 0.6) is 5.75 Å². The topological polar surface area (TPSA) is 52.6 Å². The van der Waals surface area contributed by atoms with E-state index in [9.17, 15) is 9.90 Å². The first-order chi connectivity index (χ1) is 13.6. The molecule has 0 radical (unpaired) electrons. The van der Waals surface area contributed by atoms with Crippen LogP contribution >= 0.6 is 0 Å². The van der Waals surface area contributed by atoms with Gasteiger partial charge in [0.2, 0.25) is 5.91 Å². The molecule has 28 heavy (non-hydrogen) atoms. The number of nitrogens with one attached hydrogen (secondary N) is 1. The number of amides is 1. The van der Waals surface area contributed by atoms with Crippen LogP contribution in [0.3, 0.4) is 0 Å². The first kappa shape index (κ1) is 24.3. The molecule has 0 fully saturated rings. The Balaban J connectivity index is 3.00. The molecule has 1 aromatic rings. The molecule has 1 rings (SSSR count). The number of aromatic hydroxyl groups is 1. The van der Waals surface area contributed by atoms with Gasteiger partial charge in [-0.1, -0.05) is 65.9 Å². The summed E-state index contributed by atoms with van der Waals surface area (Å²) in [5.41, 5.74) is 2.54. The zero-order valence-electron chi connectivity index (χ0n) is 18.6. The van der Waals surface area contributed by atoms with Gasteiger partial charge >= 0.3 is 0 Å². The summed E-state index contributed by atoms with van der Waals surface area (Å²) in [6.45, 7) is 10.3. The lowest BCUT2D eigenvalue weighted by Gasteiger charge is -2.28. The molecule has 0 aromatic heterocycles. The number of benzene rings is 1. The minimum atomic E-state index is 0.0137. The quantitative estimate of drug-likeness (QED) is 0.329. The number of phenols is 1. The third kappa shape index (κ3) is 8.12. The molecule has 4 heteroatoms. The van der Waals surface area contributed by atoms with E-state index in [0.29, 0.717) is 12.2 Å². The molecule has 0 heterocycles. The van der Waals surface area contributed by atoms with Gasteiger partial charge in [-0.25, -0.2) is 0 Å². The summed E-state index contributed by atoms with van der Waals surface area (Å²) in [5.74, 6) is 0.365. The van der Waals surface area contributed by atoms with Crippen molar-refractivity contribution in [3.8, 4) is 5.75 Å². The van der Waals surface area contributed by atoms with Crippen molar-refractivity contribution in [2.24, 2.45) is 0 Å². The summed E-state index contributed by atoms with van der Waals surface area (Å²) < 4.78 is 0. The van der Waals surface area contributed by atoms with Crippen LogP contribution in [0.1, 0.15) is 97.5 Å². The fraction of sp³-hybridized carbons (Fsp3) is 0.708. The number of carbonyl (C=O) groups is 1. The second-order valence-corrected chi connectivity index (χ2v) is 7.77. The molecule has 0 spiro atoms. The van der Waals surface area contributed by atoms with E-state index >= 15 is 0 Å². The number of aryl methyl sites for hydroxylation is 1. The summed E-state index contributed by atoms with van der Waals surface area (Å²) >= 11 is 0. The van der Waals surface area contributed by atoms with Gasteiger partial charge in [0.15, 0.2) is 0 Å². The summed E-state index contributed by atoms with van der Waals surface area (Å²) in [4.78, 5) is 14.4. The maximum absolute atomic E-state index is 12.2. The molecule has 0 aliphatic rings. The number of rotatable bonds is 15. The standard InChI is InChI=1S/C24H42N2O2/c1-5-9-10-11-12-13-15-20-16-17-21(25-22(27)14-6-2)23(24(20)28)26(18-7-3)19-8-4/h16-17,28H,5-15,18-19H2,1-4H3,(H,25,27). The van der Waals surface area contributed by atoms with Crippen molar-refractivity contribution in [1.29, 1.82) is 0 Å². The van der Waals surface area contributed by atoms with Crippen molar-refractivity contribution in [3.63, 3.8) is 0 Å². The molecule has 0 atom stereocenters. The van der Waals surface area contributed by atoms with E-state index in [4.69, 9.17) is 0 Å². The summed E-state index contributed by atoms with van der Waals surface area (Å²) in [6, 6.07) is 3.97. The Morgan fingerprint density at radius 2 is 1.54 bits per heavy atom. The molecule has 1 amide bonds. The number of hydrogen-bond acceptors (Lipinski definition) is 3. The van der Waals surface area contributed by atoms with Gasteiger partial charge in [0, 0.05) is 19.5 Å². The Labute approximate surface area is 172 Å². The van der Waals surface area contributed by atoms with Crippen molar-refractivity contribution in [3.05, 3.63) is 17.7 Å². The molecule has 0 bridgehead atoms. The highest BCUT2D eigenvalue weighted by Gasteiger charge is 2.19. The zero-order valence-corrected chi connectivity index (χ0v) is 18.6. The largest absolute Gasteiger partial charge is 0.505 e. The molecule has 1 aromatic carbocycles. The normalized spacial score (nSPS) is 10.9. The third-order valence-corrected chi connectivity index (χ3v) is 5.09.